The lowest BCUT2D eigenvalue weighted by atomic mass is 10.2. The number of nitrogens with zero attached hydrogens (tertiary/aromatic N) is 1. The zero-order valence-electron chi connectivity index (χ0n) is 10.2. The van der Waals surface area contributed by atoms with Crippen molar-refractivity contribution >= 4 is 23.3 Å². The van der Waals surface area contributed by atoms with Crippen molar-refractivity contribution in [3.05, 3.63) is 64.2 Å². The van der Waals surface area contributed by atoms with Gasteiger partial charge in [0.25, 0.3) is 0 Å². The molecule has 0 saturated carbocycles. The van der Waals surface area contributed by atoms with Crippen molar-refractivity contribution < 1.29 is 13.2 Å². The van der Waals surface area contributed by atoms with Crippen LogP contribution in [0.5, 0.6) is 0 Å². The highest BCUT2D eigenvalue weighted by Crippen LogP contribution is 2.18. The van der Waals surface area contributed by atoms with Crippen molar-refractivity contribution in [3.63, 3.8) is 0 Å². The Morgan fingerprint density at radius 3 is 2.45 bits per heavy atom. The van der Waals surface area contributed by atoms with Gasteiger partial charge in [0.2, 0.25) is 0 Å². The van der Waals surface area contributed by atoms with Crippen LogP contribution in [0, 0.1) is 22.2 Å². The number of imidazole rings is 1. The first-order valence-corrected chi connectivity index (χ1v) is 6.27. The fourth-order valence-corrected chi connectivity index (χ4v) is 2.39. The third-order valence-electron chi connectivity index (χ3n) is 3.08. The van der Waals surface area contributed by atoms with E-state index in [0.717, 1.165) is 6.07 Å². The molecule has 0 bridgehead atoms. The topological polar surface area (TPSA) is 20.7 Å². The van der Waals surface area contributed by atoms with Gasteiger partial charge in [0.05, 0.1) is 17.6 Å². The van der Waals surface area contributed by atoms with Crippen molar-refractivity contribution in [2.45, 2.75) is 6.54 Å². The summed E-state index contributed by atoms with van der Waals surface area (Å²) in [6.07, 6.45) is 0. The number of aromatic amines is 1. The summed E-state index contributed by atoms with van der Waals surface area (Å²) in [5, 5.41) is 0. The minimum atomic E-state index is -0.636. The van der Waals surface area contributed by atoms with Crippen molar-refractivity contribution in [1.29, 1.82) is 0 Å². The van der Waals surface area contributed by atoms with E-state index in [0.29, 0.717) is 21.4 Å². The first kappa shape index (κ1) is 12.9. The van der Waals surface area contributed by atoms with Gasteiger partial charge in [-0.05, 0) is 36.5 Å². The zero-order valence-corrected chi connectivity index (χ0v) is 11.0. The molecular weight excluding hydrogens is 285 g/mol. The van der Waals surface area contributed by atoms with Crippen LogP contribution in [0.25, 0.3) is 11.0 Å². The summed E-state index contributed by atoms with van der Waals surface area (Å²) in [4.78, 5) is 2.86. The number of hydrogen-bond donors (Lipinski definition) is 1. The summed E-state index contributed by atoms with van der Waals surface area (Å²) in [5.74, 6) is -1.65. The van der Waals surface area contributed by atoms with Gasteiger partial charge in [-0.25, -0.2) is 13.2 Å². The lowest BCUT2D eigenvalue weighted by Crippen LogP contribution is -2.02. The Balaban J connectivity index is 2.11. The molecule has 3 rings (SSSR count). The number of aromatic nitrogens is 2. The quantitative estimate of drug-likeness (QED) is 0.704. The van der Waals surface area contributed by atoms with Gasteiger partial charge in [-0.3, -0.25) is 0 Å². The maximum atomic E-state index is 13.7. The van der Waals surface area contributed by atoms with Gasteiger partial charge in [0.15, 0.2) is 4.77 Å². The maximum Gasteiger partial charge on any atom is 0.178 e. The zero-order chi connectivity index (χ0) is 14.3. The molecule has 0 aliphatic rings. The van der Waals surface area contributed by atoms with Gasteiger partial charge in [-0.1, -0.05) is 6.07 Å². The fraction of sp³-hybridized carbons (Fsp3) is 0.0714. The molecule has 3 aromatic rings. The second-order valence-electron chi connectivity index (χ2n) is 4.41. The van der Waals surface area contributed by atoms with E-state index in [4.69, 9.17) is 12.2 Å². The minimum absolute atomic E-state index is 0.149. The van der Waals surface area contributed by atoms with Crippen molar-refractivity contribution in [3.8, 4) is 0 Å². The van der Waals surface area contributed by atoms with E-state index in [1.807, 2.05) is 0 Å². The molecule has 0 amide bonds. The lowest BCUT2D eigenvalue weighted by molar-refractivity contribution is 0.567. The van der Waals surface area contributed by atoms with E-state index in [-0.39, 0.29) is 12.4 Å². The van der Waals surface area contributed by atoms with Crippen LogP contribution in [0.3, 0.4) is 0 Å². The highest BCUT2D eigenvalue weighted by molar-refractivity contribution is 7.71. The summed E-state index contributed by atoms with van der Waals surface area (Å²) in [7, 11) is 0. The molecule has 2 aromatic carbocycles. The Bertz CT molecular complexity index is 851. The smallest absolute Gasteiger partial charge is 0.178 e. The van der Waals surface area contributed by atoms with E-state index < -0.39 is 11.6 Å². The SMILES string of the molecule is Fc1ccc(Cn2c(=S)[nH]c3cc(F)ccc32)c(F)c1. The van der Waals surface area contributed by atoms with Gasteiger partial charge in [-0.15, -0.1) is 0 Å². The van der Waals surface area contributed by atoms with E-state index >= 15 is 0 Å². The van der Waals surface area contributed by atoms with E-state index in [9.17, 15) is 13.2 Å². The number of H-pyrrole nitrogens is 1. The minimum Gasteiger partial charge on any atom is -0.330 e. The van der Waals surface area contributed by atoms with E-state index in [2.05, 4.69) is 4.98 Å². The van der Waals surface area contributed by atoms with E-state index in [1.165, 1.54) is 24.3 Å². The number of halogens is 3. The highest BCUT2D eigenvalue weighted by atomic mass is 32.1. The molecule has 0 unspecified atom stereocenters. The molecule has 1 heterocycles. The first-order valence-electron chi connectivity index (χ1n) is 5.86. The van der Waals surface area contributed by atoms with Gasteiger partial charge in [0, 0.05) is 11.6 Å². The van der Waals surface area contributed by atoms with Gasteiger partial charge >= 0.3 is 0 Å². The van der Waals surface area contributed by atoms with Crippen LogP contribution in [0.4, 0.5) is 13.2 Å². The normalized spacial score (nSPS) is 11.2. The Morgan fingerprint density at radius 1 is 1.00 bits per heavy atom. The molecule has 0 aliphatic heterocycles. The molecule has 0 saturated heterocycles. The van der Waals surface area contributed by atoms with Gasteiger partial charge < -0.3 is 9.55 Å². The molecular formula is C14H9F3N2S. The van der Waals surface area contributed by atoms with Gasteiger partial charge in [-0.2, -0.15) is 0 Å². The average molecular weight is 294 g/mol. The third-order valence-corrected chi connectivity index (χ3v) is 3.40. The first-order chi connectivity index (χ1) is 9.54. The van der Waals surface area contributed by atoms with Crippen LogP contribution >= 0.6 is 12.2 Å². The monoisotopic (exact) mass is 294 g/mol. The van der Waals surface area contributed by atoms with E-state index in [1.54, 1.807) is 10.6 Å². The molecule has 1 aromatic heterocycles. The predicted molar refractivity (Wildman–Crippen MR) is 72.5 cm³/mol. The molecule has 0 atom stereocenters. The summed E-state index contributed by atoms with van der Waals surface area (Å²) < 4.78 is 41.7. The third kappa shape index (κ3) is 2.22. The number of fused-ring (bicyclic) bond motifs is 1. The van der Waals surface area contributed by atoms with Crippen LogP contribution in [0.2, 0.25) is 0 Å². The van der Waals surface area contributed by atoms with Crippen LogP contribution in [0.15, 0.2) is 36.4 Å². The van der Waals surface area contributed by atoms with Crippen LogP contribution < -0.4 is 0 Å². The molecule has 1 N–H and O–H groups in total. The summed E-state index contributed by atoms with van der Waals surface area (Å²) in [5.41, 5.74) is 1.52. The standard InChI is InChI=1S/C14H9F3N2S/c15-9-2-1-8(11(17)5-9)7-19-13-4-3-10(16)6-12(13)18-14(19)20/h1-6H,7H2,(H,18,20). The second kappa shape index (κ2) is 4.79. The summed E-state index contributed by atoms with van der Waals surface area (Å²) >= 11 is 5.15. The molecule has 20 heavy (non-hydrogen) atoms. The maximum absolute atomic E-state index is 13.7. The van der Waals surface area contributed by atoms with Crippen molar-refractivity contribution in [1.82, 2.24) is 9.55 Å². The molecule has 0 aliphatic carbocycles. The largest absolute Gasteiger partial charge is 0.330 e. The van der Waals surface area contributed by atoms with Gasteiger partial charge in [0.1, 0.15) is 17.5 Å². The average Bonchev–Trinajstić information content (AvgIpc) is 2.68. The van der Waals surface area contributed by atoms with Crippen LogP contribution in [-0.4, -0.2) is 9.55 Å². The lowest BCUT2D eigenvalue weighted by Gasteiger charge is -2.06. The molecule has 2 nitrogen and oxygen atoms in total. The summed E-state index contributed by atoms with van der Waals surface area (Å²) in [6, 6.07) is 7.59. The Labute approximate surface area is 117 Å². The molecule has 0 radical (unpaired) electrons. The molecule has 0 fully saturated rings. The van der Waals surface area contributed by atoms with Crippen molar-refractivity contribution in [2.24, 2.45) is 0 Å². The number of benzene rings is 2. The highest BCUT2D eigenvalue weighted by Gasteiger charge is 2.09. The Hall–Kier alpha value is -2.08. The van der Waals surface area contributed by atoms with Crippen molar-refractivity contribution in [2.75, 3.05) is 0 Å². The second-order valence-corrected chi connectivity index (χ2v) is 4.80. The molecule has 6 heteroatoms. The Morgan fingerprint density at radius 2 is 1.70 bits per heavy atom. The fourth-order valence-electron chi connectivity index (χ4n) is 2.11. The van der Waals surface area contributed by atoms with Crippen LogP contribution in [-0.2, 0) is 6.54 Å². The van der Waals surface area contributed by atoms with Crippen LogP contribution in [0.1, 0.15) is 5.56 Å². The predicted octanol–water partition coefficient (Wildman–Crippen LogP) is 4.16. The molecule has 102 valence electrons. The summed E-state index contributed by atoms with van der Waals surface area (Å²) in [6.45, 7) is 0.149. The Kier molecular flexibility index (Phi) is 3.10. The number of hydrogen-bond acceptors (Lipinski definition) is 1. The molecule has 0 spiro atoms. The number of nitrogens with one attached hydrogen (secondary N) is 1. The number of rotatable bonds is 2.